The van der Waals surface area contributed by atoms with E-state index in [1.807, 2.05) is 48.5 Å². The number of hydrogen-bond acceptors (Lipinski definition) is 4. The smallest absolute Gasteiger partial charge is 0.261 e. The highest BCUT2D eigenvalue weighted by molar-refractivity contribution is 5.99. The number of rotatable bonds is 6. The molecule has 0 saturated carbocycles. The fourth-order valence-corrected chi connectivity index (χ4v) is 3.69. The zero-order valence-electron chi connectivity index (χ0n) is 17.3. The molecule has 1 aliphatic rings. The van der Waals surface area contributed by atoms with E-state index in [0.29, 0.717) is 35.7 Å². The first kappa shape index (κ1) is 20.5. The van der Waals surface area contributed by atoms with E-state index in [-0.39, 0.29) is 18.4 Å². The highest BCUT2D eigenvalue weighted by atomic mass is 16.5. The number of anilines is 1. The van der Waals surface area contributed by atoms with Crippen LogP contribution >= 0.6 is 0 Å². The van der Waals surface area contributed by atoms with Gasteiger partial charge in [-0.05, 0) is 42.3 Å². The van der Waals surface area contributed by atoms with Crippen molar-refractivity contribution in [2.45, 2.75) is 12.5 Å². The molecule has 6 nitrogen and oxygen atoms in total. The van der Waals surface area contributed by atoms with Crippen molar-refractivity contribution in [3.8, 4) is 11.5 Å². The summed E-state index contributed by atoms with van der Waals surface area (Å²) < 4.78 is 10.9. The van der Waals surface area contributed by atoms with Crippen LogP contribution in [0.3, 0.4) is 0 Å². The van der Waals surface area contributed by atoms with Crippen molar-refractivity contribution < 1.29 is 19.1 Å². The van der Waals surface area contributed by atoms with Gasteiger partial charge in [0.2, 0.25) is 0 Å². The Labute approximate surface area is 181 Å². The van der Waals surface area contributed by atoms with Gasteiger partial charge in [0.05, 0.1) is 7.11 Å². The van der Waals surface area contributed by atoms with E-state index in [1.54, 1.807) is 42.3 Å². The monoisotopic (exact) mass is 416 g/mol. The average molecular weight is 416 g/mol. The standard InChI is InChI=1S/C25H24N2O4/c1-30-20-13-11-19(12-14-20)26-25(29)24-21-9-5-6-10-22(21)31-17-23(28)27(24)16-15-18-7-3-2-4-8-18/h2-14,24H,15-17H2,1H3,(H,26,29). The van der Waals surface area contributed by atoms with Gasteiger partial charge in [-0.2, -0.15) is 0 Å². The van der Waals surface area contributed by atoms with Crippen LogP contribution in [0.5, 0.6) is 11.5 Å². The molecule has 1 N–H and O–H groups in total. The van der Waals surface area contributed by atoms with Crippen LogP contribution in [0.4, 0.5) is 5.69 Å². The molecule has 0 aliphatic carbocycles. The van der Waals surface area contributed by atoms with E-state index in [9.17, 15) is 9.59 Å². The van der Waals surface area contributed by atoms with Crippen LogP contribution in [0, 0.1) is 0 Å². The van der Waals surface area contributed by atoms with Crippen molar-refractivity contribution in [2.75, 3.05) is 25.6 Å². The van der Waals surface area contributed by atoms with Gasteiger partial charge in [-0.1, -0.05) is 48.5 Å². The zero-order chi connectivity index (χ0) is 21.6. The first-order chi connectivity index (χ1) is 15.2. The number of para-hydroxylation sites is 1. The minimum absolute atomic E-state index is 0.0991. The number of amides is 2. The first-order valence-electron chi connectivity index (χ1n) is 10.2. The van der Waals surface area contributed by atoms with Crippen LogP contribution in [0.15, 0.2) is 78.9 Å². The molecule has 0 radical (unpaired) electrons. The molecule has 6 heteroatoms. The molecule has 158 valence electrons. The summed E-state index contributed by atoms with van der Waals surface area (Å²) >= 11 is 0. The molecule has 0 spiro atoms. The van der Waals surface area contributed by atoms with Gasteiger partial charge in [-0.15, -0.1) is 0 Å². The van der Waals surface area contributed by atoms with Crippen LogP contribution in [-0.2, 0) is 16.0 Å². The topological polar surface area (TPSA) is 67.9 Å². The van der Waals surface area contributed by atoms with Gasteiger partial charge in [-0.3, -0.25) is 9.59 Å². The lowest BCUT2D eigenvalue weighted by atomic mass is 10.0. The van der Waals surface area contributed by atoms with E-state index < -0.39 is 6.04 Å². The van der Waals surface area contributed by atoms with Crippen LogP contribution in [0.1, 0.15) is 17.2 Å². The molecule has 1 heterocycles. The Kier molecular flexibility index (Phi) is 6.17. The number of methoxy groups -OCH3 is 1. The van der Waals surface area contributed by atoms with Gasteiger partial charge in [0.25, 0.3) is 11.8 Å². The summed E-state index contributed by atoms with van der Waals surface area (Å²) in [5.74, 6) is 0.741. The number of carbonyl (C=O) groups excluding carboxylic acids is 2. The molecule has 2 amide bonds. The van der Waals surface area contributed by atoms with Crippen molar-refractivity contribution in [3.63, 3.8) is 0 Å². The summed E-state index contributed by atoms with van der Waals surface area (Å²) in [5.41, 5.74) is 2.40. The zero-order valence-corrected chi connectivity index (χ0v) is 17.3. The Morgan fingerprint density at radius 1 is 1.03 bits per heavy atom. The number of carbonyl (C=O) groups is 2. The van der Waals surface area contributed by atoms with Crippen LogP contribution in [0.25, 0.3) is 0 Å². The maximum atomic E-state index is 13.4. The van der Waals surface area contributed by atoms with Gasteiger partial charge >= 0.3 is 0 Å². The van der Waals surface area contributed by atoms with E-state index in [2.05, 4.69) is 5.32 Å². The van der Waals surface area contributed by atoms with Crippen molar-refractivity contribution in [3.05, 3.63) is 90.0 Å². The fraction of sp³-hybridized carbons (Fsp3) is 0.200. The molecule has 1 unspecified atom stereocenters. The number of ether oxygens (including phenoxy) is 2. The van der Waals surface area contributed by atoms with Crippen LogP contribution < -0.4 is 14.8 Å². The summed E-state index contributed by atoms with van der Waals surface area (Å²) in [6.45, 7) is 0.305. The lowest BCUT2D eigenvalue weighted by Crippen LogP contribution is -2.42. The average Bonchev–Trinajstić information content (AvgIpc) is 2.95. The number of nitrogens with one attached hydrogen (secondary N) is 1. The van der Waals surface area contributed by atoms with Crippen LogP contribution in [0.2, 0.25) is 0 Å². The lowest BCUT2D eigenvalue weighted by molar-refractivity contribution is -0.139. The molecule has 3 aromatic carbocycles. The summed E-state index contributed by atoms with van der Waals surface area (Å²) in [6, 6.07) is 23.5. The number of benzene rings is 3. The van der Waals surface area contributed by atoms with Gasteiger partial charge in [0, 0.05) is 17.8 Å². The number of nitrogens with zero attached hydrogens (tertiary/aromatic N) is 1. The molecule has 0 saturated heterocycles. The second kappa shape index (κ2) is 9.34. The van der Waals surface area contributed by atoms with Crippen molar-refractivity contribution in [1.29, 1.82) is 0 Å². The molecular weight excluding hydrogens is 392 g/mol. The summed E-state index contributed by atoms with van der Waals surface area (Å²) in [6.07, 6.45) is 0.640. The molecular formula is C25H24N2O4. The third kappa shape index (κ3) is 4.69. The predicted molar refractivity (Wildman–Crippen MR) is 118 cm³/mol. The maximum absolute atomic E-state index is 13.4. The Balaban J connectivity index is 1.63. The normalized spacial score (nSPS) is 15.5. The highest BCUT2D eigenvalue weighted by Gasteiger charge is 2.36. The van der Waals surface area contributed by atoms with Gasteiger partial charge in [0.15, 0.2) is 6.61 Å². The Morgan fingerprint density at radius 3 is 2.48 bits per heavy atom. The largest absolute Gasteiger partial charge is 0.497 e. The van der Waals surface area contributed by atoms with Gasteiger partial charge in [-0.25, -0.2) is 0 Å². The Morgan fingerprint density at radius 2 is 1.74 bits per heavy atom. The molecule has 4 rings (SSSR count). The van der Waals surface area contributed by atoms with E-state index in [0.717, 1.165) is 5.56 Å². The number of hydrogen-bond donors (Lipinski definition) is 1. The highest BCUT2D eigenvalue weighted by Crippen LogP contribution is 2.33. The van der Waals surface area contributed by atoms with Gasteiger partial charge < -0.3 is 19.7 Å². The molecule has 1 aliphatic heterocycles. The van der Waals surface area contributed by atoms with E-state index in [1.165, 1.54) is 0 Å². The van der Waals surface area contributed by atoms with E-state index in [4.69, 9.17) is 9.47 Å². The minimum Gasteiger partial charge on any atom is -0.497 e. The minimum atomic E-state index is -0.794. The first-order valence-corrected chi connectivity index (χ1v) is 10.2. The second-order valence-corrected chi connectivity index (χ2v) is 7.27. The third-order valence-corrected chi connectivity index (χ3v) is 5.29. The second-order valence-electron chi connectivity index (χ2n) is 7.27. The summed E-state index contributed by atoms with van der Waals surface area (Å²) in [4.78, 5) is 28.0. The van der Waals surface area contributed by atoms with Crippen molar-refractivity contribution in [2.24, 2.45) is 0 Å². The maximum Gasteiger partial charge on any atom is 0.261 e. The fourth-order valence-electron chi connectivity index (χ4n) is 3.69. The summed E-state index contributed by atoms with van der Waals surface area (Å²) in [5, 5.41) is 2.94. The van der Waals surface area contributed by atoms with Crippen molar-refractivity contribution in [1.82, 2.24) is 4.90 Å². The Bertz CT molecular complexity index is 1050. The molecule has 3 aromatic rings. The molecule has 0 bridgehead atoms. The molecule has 0 fully saturated rings. The molecule has 0 aromatic heterocycles. The van der Waals surface area contributed by atoms with Crippen molar-refractivity contribution >= 4 is 17.5 Å². The molecule has 31 heavy (non-hydrogen) atoms. The predicted octanol–water partition coefficient (Wildman–Crippen LogP) is 3.84. The quantitative estimate of drug-likeness (QED) is 0.663. The summed E-state index contributed by atoms with van der Waals surface area (Å²) in [7, 11) is 1.59. The van der Waals surface area contributed by atoms with Gasteiger partial charge in [0.1, 0.15) is 17.5 Å². The number of fused-ring (bicyclic) bond motifs is 1. The van der Waals surface area contributed by atoms with Crippen LogP contribution in [-0.4, -0.2) is 37.0 Å². The lowest BCUT2D eigenvalue weighted by Gasteiger charge is -2.29. The molecule has 1 atom stereocenters. The van der Waals surface area contributed by atoms with E-state index >= 15 is 0 Å². The third-order valence-electron chi connectivity index (χ3n) is 5.29. The SMILES string of the molecule is COc1ccc(NC(=O)C2c3ccccc3OCC(=O)N2CCc2ccccc2)cc1. The Hall–Kier alpha value is -3.80.